The molecular weight excluding hydrogens is 550 g/mol. The molecule has 2 aromatic carbocycles. The number of ketones is 1. The van der Waals surface area contributed by atoms with Crippen molar-refractivity contribution < 1.29 is 24.2 Å². The van der Waals surface area contributed by atoms with Crippen molar-refractivity contribution in [2.45, 2.75) is 51.4 Å². The highest BCUT2D eigenvalue weighted by atomic mass is 79.9. The lowest BCUT2D eigenvalue weighted by Crippen LogP contribution is -2.32. The van der Waals surface area contributed by atoms with E-state index in [2.05, 4.69) is 0 Å². The van der Waals surface area contributed by atoms with E-state index in [1.54, 1.807) is 19.2 Å². The number of amides is 1. The Bertz CT molecular complexity index is 1120. The van der Waals surface area contributed by atoms with Crippen LogP contribution in [0.2, 0.25) is 0 Å². The first-order valence-electron chi connectivity index (χ1n) is 12.7. The van der Waals surface area contributed by atoms with Gasteiger partial charge in [0.1, 0.15) is 5.84 Å². The Morgan fingerprint density at radius 2 is 1.84 bits per heavy atom. The molecule has 2 unspecified atom stereocenters. The number of ether oxygens (including phenoxy) is 2. The van der Waals surface area contributed by atoms with Crippen LogP contribution in [0.4, 0.5) is 0 Å². The van der Waals surface area contributed by atoms with Crippen molar-refractivity contribution >= 4 is 34.5 Å². The summed E-state index contributed by atoms with van der Waals surface area (Å²) in [6.45, 7) is 7.28. The third kappa shape index (κ3) is 7.80. The lowest BCUT2D eigenvalue weighted by atomic mass is 9.84. The Morgan fingerprint density at radius 1 is 1.16 bits per heavy atom. The van der Waals surface area contributed by atoms with Crippen LogP contribution in [0.1, 0.15) is 67.4 Å². The van der Waals surface area contributed by atoms with Gasteiger partial charge in [-0.1, -0.05) is 51.1 Å². The second-order valence-corrected chi connectivity index (χ2v) is 10.7. The summed E-state index contributed by atoms with van der Waals surface area (Å²) < 4.78 is 11.1. The Kier molecular flexibility index (Phi) is 11.3. The van der Waals surface area contributed by atoms with Gasteiger partial charge in [-0.3, -0.25) is 15.0 Å². The number of phenols is 1. The van der Waals surface area contributed by atoms with Gasteiger partial charge >= 0.3 is 0 Å². The van der Waals surface area contributed by atoms with Gasteiger partial charge in [-0.25, -0.2) is 0 Å². The molecule has 2 aromatic rings. The van der Waals surface area contributed by atoms with Crippen LogP contribution in [0, 0.1) is 11.3 Å². The summed E-state index contributed by atoms with van der Waals surface area (Å²) in [4.78, 5) is 26.4. The largest absolute Gasteiger partial charge is 0.504 e. The number of Topliss-reactive ketones (excluding diaryl/α,β-unsaturated/α-hetero) is 1. The zero-order valence-electron chi connectivity index (χ0n) is 22.7. The number of likely N-dealkylation sites (tertiary alicyclic amines) is 1. The smallest absolute Gasteiger partial charge is 0.217 e. The predicted octanol–water partition coefficient (Wildman–Crippen LogP) is 4.82. The highest BCUT2D eigenvalue weighted by molar-refractivity contribution is 8.93. The van der Waals surface area contributed by atoms with Crippen LogP contribution in [0.3, 0.4) is 0 Å². The third-order valence-electron chi connectivity index (χ3n) is 6.78. The fourth-order valence-corrected chi connectivity index (χ4v) is 4.82. The van der Waals surface area contributed by atoms with Gasteiger partial charge in [-0.05, 0) is 41.9 Å². The molecule has 38 heavy (non-hydrogen) atoms. The number of carbonyl (C=O) groups is 2. The molecule has 1 saturated heterocycles. The van der Waals surface area contributed by atoms with Gasteiger partial charge in [-0.15, -0.1) is 17.0 Å². The molecule has 1 aliphatic rings. The molecule has 8 nitrogen and oxygen atoms in total. The van der Waals surface area contributed by atoms with E-state index in [0.717, 1.165) is 12.0 Å². The summed E-state index contributed by atoms with van der Waals surface area (Å²) in [7, 11) is 1.67. The topological polar surface area (TPSA) is 126 Å². The van der Waals surface area contributed by atoms with Gasteiger partial charge in [0.05, 0.1) is 13.2 Å². The van der Waals surface area contributed by atoms with Crippen molar-refractivity contribution in [2.24, 2.45) is 11.7 Å². The monoisotopic (exact) mass is 589 g/mol. The quantitative estimate of drug-likeness (QED) is 0.240. The van der Waals surface area contributed by atoms with Gasteiger partial charge in [0.2, 0.25) is 5.91 Å². The van der Waals surface area contributed by atoms with Crippen LogP contribution in [0.25, 0.3) is 0 Å². The van der Waals surface area contributed by atoms with E-state index >= 15 is 0 Å². The molecule has 0 aliphatic carbocycles. The highest BCUT2D eigenvalue weighted by Crippen LogP contribution is 2.40. The van der Waals surface area contributed by atoms with E-state index in [9.17, 15) is 14.7 Å². The fourth-order valence-electron chi connectivity index (χ4n) is 4.82. The van der Waals surface area contributed by atoms with Crippen molar-refractivity contribution in [3.8, 4) is 11.5 Å². The second-order valence-electron chi connectivity index (χ2n) is 10.7. The maximum atomic E-state index is 13.5. The number of nitrogens with two attached hydrogens (primary N) is 1. The van der Waals surface area contributed by atoms with Crippen molar-refractivity contribution in [1.29, 1.82) is 5.41 Å². The minimum Gasteiger partial charge on any atom is -0.504 e. The number of rotatable bonds is 12. The van der Waals surface area contributed by atoms with E-state index in [4.69, 9.17) is 20.6 Å². The number of carbonyl (C=O) groups excluding carboxylic acids is 2. The van der Waals surface area contributed by atoms with Crippen molar-refractivity contribution in [1.82, 2.24) is 4.90 Å². The standard InChI is InChI=1S/C29H39N3O5.BrH/c1-29(2,3)22-15-21(16-24(27(22)35)37-13-8-11-25(30)34)23(33)18-32-17-20(12-14-36-4)26(28(32)31)19-9-6-5-7-10-19;/h5-7,9-10,15-16,20,26,31,35H,8,11-14,17-18H2,1-4H3,(H2,30,34);1H. The molecule has 1 fully saturated rings. The van der Waals surface area contributed by atoms with E-state index in [0.29, 0.717) is 36.5 Å². The maximum absolute atomic E-state index is 13.5. The Labute approximate surface area is 235 Å². The lowest BCUT2D eigenvalue weighted by Gasteiger charge is -2.24. The number of nitrogens with zero attached hydrogens (tertiary/aromatic N) is 1. The van der Waals surface area contributed by atoms with Crippen LogP contribution < -0.4 is 10.5 Å². The third-order valence-corrected chi connectivity index (χ3v) is 6.78. The maximum Gasteiger partial charge on any atom is 0.217 e. The summed E-state index contributed by atoms with van der Waals surface area (Å²) in [5.41, 5.74) is 6.84. The highest BCUT2D eigenvalue weighted by Gasteiger charge is 2.39. The minimum absolute atomic E-state index is 0. The molecule has 0 saturated carbocycles. The second kappa shape index (κ2) is 13.8. The molecule has 9 heteroatoms. The molecule has 0 aromatic heterocycles. The first-order chi connectivity index (χ1) is 17.5. The van der Waals surface area contributed by atoms with Crippen molar-refractivity contribution in [3.63, 3.8) is 0 Å². The van der Waals surface area contributed by atoms with Crippen molar-refractivity contribution in [2.75, 3.05) is 33.4 Å². The number of amidine groups is 1. The number of hydrogen-bond donors (Lipinski definition) is 3. The van der Waals surface area contributed by atoms with Gasteiger partial charge in [0.25, 0.3) is 0 Å². The van der Waals surface area contributed by atoms with Crippen LogP contribution in [-0.4, -0.2) is 60.9 Å². The van der Waals surface area contributed by atoms with E-state index in [1.165, 1.54) is 0 Å². The van der Waals surface area contributed by atoms with Gasteiger partial charge < -0.3 is 25.2 Å². The number of hydrogen-bond acceptors (Lipinski definition) is 6. The van der Waals surface area contributed by atoms with Gasteiger partial charge in [0, 0.05) is 43.7 Å². The van der Waals surface area contributed by atoms with E-state index in [-0.39, 0.29) is 65.7 Å². The zero-order chi connectivity index (χ0) is 27.2. The molecule has 208 valence electrons. The zero-order valence-corrected chi connectivity index (χ0v) is 24.4. The van der Waals surface area contributed by atoms with Crippen LogP contribution in [0.5, 0.6) is 11.5 Å². The molecule has 3 rings (SSSR count). The molecule has 1 heterocycles. The lowest BCUT2D eigenvalue weighted by molar-refractivity contribution is -0.118. The average molecular weight is 591 g/mol. The number of aromatic hydroxyl groups is 1. The molecule has 0 spiro atoms. The van der Waals surface area contributed by atoms with Crippen LogP contribution in [0.15, 0.2) is 42.5 Å². The van der Waals surface area contributed by atoms with Crippen molar-refractivity contribution in [3.05, 3.63) is 59.2 Å². The van der Waals surface area contributed by atoms with Gasteiger partial charge in [-0.2, -0.15) is 0 Å². The normalized spacial score (nSPS) is 17.3. The van der Waals surface area contributed by atoms with E-state index < -0.39 is 11.3 Å². The fraction of sp³-hybridized carbons (Fsp3) is 0.483. The molecule has 4 N–H and O–H groups in total. The molecule has 2 atom stereocenters. The molecule has 1 amide bonds. The summed E-state index contributed by atoms with van der Waals surface area (Å²) in [5, 5.41) is 19.8. The summed E-state index contributed by atoms with van der Waals surface area (Å²) in [6, 6.07) is 13.2. The molecule has 0 bridgehead atoms. The first-order valence-corrected chi connectivity index (χ1v) is 12.7. The summed E-state index contributed by atoms with van der Waals surface area (Å²) in [5.74, 6) is 0.111. The number of nitrogens with one attached hydrogen (secondary N) is 1. The predicted molar refractivity (Wildman–Crippen MR) is 154 cm³/mol. The number of phenolic OH excluding ortho intramolecular Hbond substituents is 1. The Morgan fingerprint density at radius 3 is 2.45 bits per heavy atom. The first kappa shape index (κ1) is 31.3. The van der Waals surface area contributed by atoms with Crippen LogP contribution >= 0.6 is 17.0 Å². The molecule has 1 aliphatic heterocycles. The molecular formula is C29H40BrN3O5. The number of methoxy groups -OCH3 is 1. The number of halogens is 1. The molecule has 0 radical (unpaired) electrons. The summed E-state index contributed by atoms with van der Waals surface area (Å²) in [6.07, 6.45) is 1.38. The minimum atomic E-state index is -0.435. The Hall–Kier alpha value is -2.91. The number of primary amides is 1. The number of benzene rings is 2. The summed E-state index contributed by atoms with van der Waals surface area (Å²) >= 11 is 0. The Balaban J connectivity index is 0.00000507. The average Bonchev–Trinajstić information content (AvgIpc) is 3.15. The van der Waals surface area contributed by atoms with Gasteiger partial charge in [0.15, 0.2) is 17.3 Å². The SMILES string of the molecule is Br.COCCC1CN(CC(=O)c2cc(OCCCC(N)=O)c(O)c(C(C)(C)C)c2)C(=N)C1c1ccccc1. The van der Waals surface area contributed by atoms with E-state index in [1.807, 2.05) is 56.0 Å². The van der Waals surface area contributed by atoms with Crippen LogP contribution in [-0.2, 0) is 14.9 Å².